The second kappa shape index (κ2) is 9.38. The van der Waals surface area contributed by atoms with Crippen LogP contribution in [0, 0.1) is 6.92 Å². The van der Waals surface area contributed by atoms with Crippen LogP contribution in [-0.2, 0) is 17.9 Å². The largest absolute Gasteiger partial charge is 0.486 e. The maximum atomic E-state index is 12.3. The van der Waals surface area contributed by atoms with Gasteiger partial charge in [-0.1, -0.05) is 11.6 Å². The fourth-order valence-corrected chi connectivity index (χ4v) is 3.32. The summed E-state index contributed by atoms with van der Waals surface area (Å²) in [7, 11) is 0. The van der Waals surface area contributed by atoms with Crippen LogP contribution in [-0.4, -0.2) is 23.3 Å². The van der Waals surface area contributed by atoms with Crippen LogP contribution in [0.1, 0.15) is 26.1 Å². The van der Waals surface area contributed by atoms with Gasteiger partial charge in [-0.05, 0) is 43.3 Å². The molecule has 0 unspecified atom stereocenters. The van der Waals surface area contributed by atoms with Crippen LogP contribution in [0.5, 0.6) is 5.75 Å². The Hall–Kier alpha value is -2.84. The Morgan fingerprint density at radius 3 is 2.71 bits per heavy atom. The van der Waals surface area contributed by atoms with Gasteiger partial charge >= 0.3 is 0 Å². The number of amides is 2. The molecule has 0 bridgehead atoms. The number of carbonyl (C=O) groups excluding carboxylic acids is 2. The van der Waals surface area contributed by atoms with Gasteiger partial charge in [-0.3, -0.25) is 9.59 Å². The number of thiazole rings is 1. The van der Waals surface area contributed by atoms with Gasteiger partial charge in [0.05, 0.1) is 25.0 Å². The third-order valence-corrected chi connectivity index (χ3v) is 5.05. The minimum absolute atomic E-state index is 0.131. The average Bonchev–Trinajstić information content (AvgIpc) is 3.33. The molecule has 2 aromatic heterocycles. The van der Waals surface area contributed by atoms with E-state index >= 15 is 0 Å². The smallest absolute Gasteiger partial charge is 0.263 e. The molecule has 9 heteroatoms. The maximum absolute atomic E-state index is 12.3. The van der Waals surface area contributed by atoms with Crippen molar-refractivity contribution in [1.82, 2.24) is 15.6 Å². The van der Waals surface area contributed by atoms with Crippen LogP contribution in [0.2, 0.25) is 5.02 Å². The highest BCUT2D eigenvalue weighted by atomic mass is 35.5. The number of nitrogens with zero attached hydrogens (tertiary/aromatic N) is 1. The minimum atomic E-state index is -0.346. The van der Waals surface area contributed by atoms with Crippen LogP contribution in [0.25, 0.3) is 0 Å². The number of furan rings is 1. The number of aromatic nitrogens is 1. The summed E-state index contributed by atoms with van der Waals surface area (Å²) < 4.78 is 10.8. The standard InChI is InChI=1S/C19H18ClN3O4S/c1-12-18(19(25)22-10-16(24)21-9-15-3-2-8-26-15)28-17(23-12)11-27-14-6-4-13(20)5-7-14/h2-8H,9-11H2,1H3,(H,21,24)(H,22,25). The van der Waals surface area contributed by atoms with Crippen molar-refractivity contribution in [3.8, 4) is 5.75 Å². The second-order valence-corrected chi connectivity index (χ2v) is 7.32. The molecule has 28 heavy (non-hydrogen) atoms. The lowest BCUT2D eigenvalue weighted by molar-refractivity contribution is -0.120. The van der Waals surface area contributed by atoms with Gasteiger partial charge in [0.25, 0.3) is 5.91 Å². The zero-order valence-electron chi connectivity index (χ0n) is 15.0. The molecule has 0 aliphatic carbocycles. The Kier molecular flexibility index (Phi) is 6.67. The molecule has 0 aliphatic rings. The molecule has 0 saturated carbocycles. The summed E-state index contributed by atoms with van der Waals surface area (Å²) in [5.41, 5.74) is 0.591. The van der Waals surface area contributed by atoms with Gasteiger partial charge in [0, 0.05) is 5.02 Å². The summed E-state index contributed by atoms with van der Waals surface area (Å²) >= 11 is 7.07. The Morgan fingerprint density at radius 2 is 2.00 bits per heavy atom. The molecule has 0 saturated heterocycles. The molecular formula is C19H18ClN3O4S. The molecule has 1 aromatic carbocycles. The highest BCUT2D eigenvalue weighted by molar-refractivity contribution is 7.13. The number of aryl methyl sites for hydroxylation is 1. The van der Waals surface area contributed by atoms with Crippen molar-refractivity contribution in [3.05, 3.63) is 69.0 Å². The molecule has 0 radical (unpaired) electrons. The number of ether oxygens (including phenoxy) is 1. The second-order valence-electron chi connectivity index (χ2n) is 5.80. The summed E-state index contributed by atoms with van der Waals surface area (Å²) in [6, 6.07) is 10.5. The van der Waals surface area contributed by atoms with Crippen LogP contribution in [0.15, 0.2) is 47.1 Å². The average molecular weight is 420 g/mol. The number of benzene rings is 1. The van der Waals surface area contributed by atoms with E-state index in [1.165, 1.54) is 17.6 Å². The van der Waals surface area contributed by atoms with E-state index in [1.54, 1.807) is 43.3 Å². The Balaban J connectivity index is 1.48. The van der Waals surface area contributed by atoms with Gasteiger partial charge in [0.2, 0.25) is 5.91 Å². The van der Waals surface area contributed by atoms with Crippen molar-refractivity contribution in [1.29, 1.82) is 0 Å². The topological polar surface area (TPSA) is 93.5 Å². The third-order valence-electron chi connectivity index (χ3n) is 3.67. The molecule has 0 atom stereocenters. The summed E-state index contributed by atoms with van der Waals surface area (Å²) in [4.78, 5) is 29.0. The molecule has 146 valence electrons. The van der Waals surface area contributed by atoms with Crippen molar-refractivity contribution in [3.63, 3.8) is 0 Å². The Bertz CT molecular complexity index is 939. The fraction of sp³-hybridized carbons (Fsp3) is 0.211. The SMILES string of the molecule is Cc1nc(COc2ccc(Cl)cc2)sc1C(=O)NCC(=O)NCc1ccco1. The fourth-order valence-electron chi connectivity index (χ4n) is 2.30. The van der Waals surface area contributed by atoms with Gasteiger partial charge < -0.3 is 19.8 Å². The summed E-state index contributed by atoms with van der Waals surface area (Å²) in [5.74, 6) is 0.652. The third kappa shape index (κ3) is 5.58. The van der Waals surface area contributed by atoms with Gasteiger partial charge in [-0.2, -0.15) is 0 Å². The van der Waals surface area contributed by atoms with Crippen molar-refractivity contribution in [2.45, 2.75) is 20.1 Å². The van der Waals surface area contributed by atoms with Gasteiger partial charge in [-0.15, -0.1) is 11.3 Å². The lowest BCUT2D eigenvalue weighted by Gasteiger charge is -2.05. The monoisotopic (exact) mass is 419 g/mol. The predicted octanol–water partition coefficient (Wildman–Crippen LogP) is 3.32. The number of halogens is 1. The highest BCUT2D eigenvalue weighted by Crippen LogP contribution is 2.21. The molecule has 0 spiro atoms. The van der Waals surface area contributed by atoms with Crippen molar-refractivity contribution < 1.29 is 18.7 Å². The van der Waals surface area contributed by atoms with E-state index in [0.717, 1.165) is 0 Å². The van der Waals surface area contributed by atoms with Crippen molar-refractivity contribution >= 4 is 34.8 Å². The summed E-state index contributed by atoms with van der Waals surface area (Å²) in [5, 5.41) is 6.56. The van der Waals surface area contributed by atoms with Gasteiger partial charge in [0.1, 0.15) is 28.0 Å². The Labute approximate surface area is 170 Å². The molecule has 0 fully saturated rings. The molecule has 7 nitrogen and oxygen atoms in total. The maximum Gasteiger partial charge on any atom is 0.263 e. The first-order chi connectivity index (χ1) is 13.5. The van der Waals surface area contributed by atoms with E-state index in [-0.39, 0.29) is 31.5 Å². The van der Waals surface area contributed by atoms with E-state index in [0.29, 0.717) is 32.1 Å². The molecule has 2 N–H and O–H groups in total. The van der Waals surface area contributed by atoms with Crippen LogP contribution in [0.4, 0.5) is 0 Å². The van der Waals surface area contributed by atoms with Gasteiger partial charge in [0.15, 0.2) is 0 Å². The first kappa shape index (κ1) is 19.9. The van der Waals surface area contributed by atoms with Crippen molar-refractivity contribution in [2.75, 3.05) is 6.54 Å². The van der Waals surface area contributed by atoms with E-state index < -0.39 is 0 Å². The Morgan fingerprint density at radius 1 is 1.21 bits per heavy atom. The van der Waals surface area contributed by atoms with Gasteiger partial charge in [-0.25, -0.2) is 4.98 Å². The quantitative estimate of drug-likeness (QED) is 0.584. The van der Waals surface area contributed by atoms with E-state index in [4.69, 9.17) is 20.8 Å². The van der Waals surface area contributed by atoms with E-state index in [9.17, 15) is 9.59 Å². The van der Waals surface area contributed by atoms with Crippen LogP contribution < -0.4 is 15.4 Å². The number of hydrogen-bond acceptors (Lipinski definition) is 6. The first-order valence-electron chi connectivity index (χ1n) is 8.43. The number of carbonyl (C=O) groups is 2. The molecule has 3 aromatic rings. The normalized spacial score (nSPS) is 10.5. The molecular weight excluding hydrogens is 402 g/mol. The molecule has 0 aliphatic heterocycles. The first-order valence-corrected chi connectivity index (χ1v) is 9.62. The summed E-state index contributed by atoms with van der Waals surface area (Å²) in [6.07, 6.45) is 1.53. The van der Waals surface area contributed by atoms with E-state index in [2.05, 4.69) is 15.6 Å². The predicted molar refractivity (Wildman–Crippen MR) is 106 cm³/mol. The van der Waals surface area contributed by atoms with E-state index in [1.807, 2.05) is 0 Å². The molecule has 2 heterocycles. The summed E-state index contributed by atoms with van der Waals surface area (Å²) in [6.45, 7) is 2.12. The van der Waals surface area contributed by atoms with Crippen LogP contribution >= 0.6 is 22.9 Å². The highest BCUT2D eigenvalue weighted by Gasteiger charge is 2.16. The lowest BCUT2D eigenvalue weighted by Crippen LogP contribution is -2.36. The number of nitrogens with one attached hydrogen (secondary N) is 2. The zero-order valence-corrected chi connectivity index (χ0v) is 16.6. The number of rotatable bonds is 8. The van der Waals surface area contributed by atoms with Crippen molar-refractivity contribution in [2.24, 2.45) is 0 Å². The lowest BCUT2D eigenvalue weighted by atomic mass is 10.3. The van der Waals surface area contributed by atoms with Crippen LogP contribution in [0.3, 0.4) is 0 Å². The zero-order chi connectivity index (χ0) is 19.9. The molecule has 2 amide bonds. The number of hydrogen-bond donors (Lipinski definition) is 2. The minimum Gasteiger partial charge on any atom is -0.486 e. The molecule has 3 rings (SSSR count).